The summed E-state index contributed by atoms with van der Waals surface area (Å²) >= 11 is 0. The van der Waals surface area contributed by atoms with Gasteiger partial charge in [-0.1, -0.05) is 129 Å². The zero-order chi connectivity index (χ0) is 36.4. The molecule has 4 heteroatoms. The Morgan fingerprint density at radius 2 is 1.04 bits per heavy atom. The van der Waals surface area contributed by atoms with Gasteiger partial charge in [-0.25, -0.2) is 9.97 Å². The van der Waals surface area contributed by atoms with E-state index in [4.69, 9.17) is 9.97 Å². The lowest BCUT2D eigenvalue weighted by molar-refractivity contribution is 0.660. The summed E-state index contributed by atoms with van der Waals surface area (Å²) in [5, 5.41) is 7.31. The Morgan fingerprint density at radius 3 is 1.89 bits per heavy atom. The van der Waals surface area contributed by atoms with E-state index in [1.807, 2.05) is 18.2 Å². The Balaban J connectivity index is 1.22. The van der Waals surface area contributed by atoms with Crippen LogP contribution in [-0.4, -0.2) is 19.1 Å². The van der Waals surface area contributed by atoms with Crippen LogP contribution in [0.15, 0.2) is 170 Å². The SMILES string of the molecule is CC1(C)c2ccccc2-c2ccc(-n3c4cc5ccccc5cc4c4cc5c6ccccc6n(-c6nc7ccccc7nc6-c6ccccc6)c5cc43)cc21. The highest BCUT2D eigenvalue weighted by atomic mass is 15.1. The van der Waals surface area contributed by atoms with Crippen LogP contribution in [0.25, 0.3) is 99.3 Å². The third-order valence-electron chi connectivity index (χ3n) is 12.1. The first kappa shape index (κ1) is 30.4. The summed E-state index contributed by atoms with van der Waals surface area (Å²) in [5.41, 5.74) is 14.6. The summed E-state index contributed by atoms with van der Waals surface area (Å²) < 4.78 is 4.83. The molecule has 3 aromatic heterocycles. The van der Waals surface area contributed by atoms with E-state index < -0.39 is 0 Å². The Hall–Kier alpha value is -7.04. The molecular weight excluding hydrogens is 669 g/mol. The molecule has 1 aliphatic rings. The molecule has 55 heavy (non-hydrogen) atoms. The Labute approximate surface area is 317 Å². The highest BCUT2D eigenvalue weighted by Crippen LogP contribution is 2.50. The Bertz CT molecular complexity index is 3400. The number of hydrogen-bond acceptors (Lipinski definition) is 2. The molecule has 4 nitrogen and oxygen atoms in total. The molecule has 0 saturated carbocycles. The summed E-state index contributed by atoms with van der Waals surface area (Å²) in [6.45, 7) is 4.72. The van der Waals surface area contributed by atoms with E-state index in [1.165, 1.54) is 60.1 Å². The quantitative estimate of drug-likeness (QED) is 0.184. The van der Waals surface area contributed by atoms with Crippen LogP contribution in [0.5, 0.6) is 0 Å². The number of fused-ring (bicyclic) bond motifs is 11. The average Bonchev–Trinajstić information content (AvgIpc) is 3.80. The molecule has 12 rings (SSSR count). The lowest BCUT2D eigenvalue weighted by atomic mass is 9.82. The van der Waals surface area contributed by atoms with Crippen molar-refractivity contribution < 1.29 is 0 Å². The van der Waals surface area contributed by atoms with Crippen LogP contribution in [0.3, 0.4) is 0 Å². The predicted octanol–water partition coefficient (Wildman–Crippen LogP) is 13.0. The van der Waals surface area contributed by atoms with Crippen molar-refractivity contribution in [1.29, 1.82) is 0 Å². The monoisotopic (exact) mass is 702 g/mol. The molecule has 3 heterocycles. The molecule has 1 aliphatic carbocycles. The molecule has 0 radical (unpaired) electrons. The van der Waals surface area contributed by atoms with E-state index in [-0.39, 0.29) is 5.41 Å². The van der Waals surface area contributed by atoms with Crippen LogP contribution in [-0.2, 0) is 5.41 Å². The Morgan fingerprint density at radius 1 is 0.418 bits per heavy atom. The van der Waals surface area contributed by atoms with E-state index >= 15 is 0 Å². The minimum absolute atomic E-state index is 0.115. The Kier molecular flexibility index (Phi) is 6.09. The van der Waals surface area contributed by atoms with Gasteiger partial charge < -0.3 is 4.57 Å². The largest absolute Gasteiger partial charge is 0.309 e. The van der Waals surface area contributed by atoms with Crippen LogP contribution in [0.2, 0.25) is 0 Å². The third kappa shape index (κ3) is 4.22. The molecule has 0 amide bonds. The van der Waals surface area contributed by atoms with Crippen LogP contribution < -0.4 is 0 Å². The minimum Gasteiger partial charge on any atom is -0.309 e. The maximum atomic E-state index is 5.40. The van der Waals surface area contributed by atoms with Crippen molar-refractivity contribution >= 4 is 65.4 Å². The normalized spacial score (nSPS) is 13.4. The molecule has 0 atom stereocenters. The molecule has 0 spiro atoms. The van der Waals surface area contributed by atoms with Crippen LogP contribution >= 0.6 is 0 Å². The van der Waals surface area contributed by atoms with E-state index in [0.29, 0.717) is 0 Å². The summed E-state index contributed by atoms with van der Waals surface area (Å²) in [6.07, 6.45) is 0. The first-order valence-corrected chi connectivity index (χ1v) is 19.0. The van der Waals surface area contributed by atoms with Crippen LogP contribution in [0.4, 0.5) is 0 Å². The highest BCUT2D eigenvalue weighted by molar-refractivity contribution is 6.21. The molecular formula is C51H34N4. The number of aromatic nitrogens is 4. The predicted molar refractivity (Wildman–Crippen MR) is 229 cm³/mol. The molecule has 0 unspecified atom stereocenters. The number of benzene rings is 8. The van der Waals surface area contributed by atoms with Crippen molar-refractivity contribution in [1.82, 2.24) is 19.1 Å². The summed E-state index contributed by atoms with van der Waals surface area (Å²) in [5.74, 6) is 0.820. The third-order valence-corrected chi connectivity index (χ3v) is 12.1. The number of nitrogens with zero attached hydrogens (tertiary/aromatic N) is 4. The van der Waals surface area contributed by atoms with Gasteiger partial charge in [-0.3, -0.25) is 4.57 Å². The number of para-hydroxylation sites is 3. The molecule has 0 aliphatic heterocycles. The first-order valence-electron chi connectivity index (χ1n) is 19.0. The van der Waals surface area contributed by atoms with Gasteiger partial charge in [0.15, 0.2) is 5.82 Å². The fourth-order valence-corrected chi connectivity index (χ4v) is 9.44. The molecule has 0 fully saturated rings. The van der Waals surface area contributed by atoms with Crippen molar-refractivity contribution in [2.45, 2.75) is 19.3 Å². The number of rotatable bonds is 3. The maximum Gasteiger partial charge on any atom is 0.165 e. The van der Waals surface area contributed by atoms with Crippen molar-refractivity contribution in [2.75, 3.05) is 0 Å². The second kappa shape index (κ2) is 11.0. The van der Waals surface area contributed by atoms with Gasteiger partial charge in [0.05, 0.1) is 33.1 Å². The fourth-order valence-electron chi connectivity index (χ4n) is 9.44. The zero-order valence-electron chi connectivity index (χ0n) is 30.5. The molecule has 0 bridgehead atoms. The standard InChI is InChI=1S/C51H34N4/c1-51(2)41-20-10-8-18-35(41)36-25-24-34(28-42(36)51)54-46-27-33-17-7-6-16-32(33)26-38(46)40-29-39-37-19-9-13-23-45(37)55(48(39)30-47(40)54)50-49(31-14-4-3-5-15-31)52-43-21-11-12-22-44(43)53-50/h3-30H,1-2H3. The van der Waals surface area contributed by atoms with E-state index in [0.717, 1.165) is 50.3 Å². The van der Waals surface area contributed by atoms with Gasteiger partial charge in [0.2, 0.25) is 0 Å². The van der Waals surface area contributed by atoms with Gasteiger partial charge >= 0.3 is 0 Å². The van der Waals surface area contributed by atoms with Gasteiger partial charge in [0.25, 0.3) is 0 Å². The van der Waals surface area contributed by atoms with Gasteiger partial charge in [0.1, 0.15) is 5.69 Å². The van der Waals surface area contributed by atoms with E-state index in [2.05, 4.69) is 175 Å². The van der Waals surface area contributed by atoms with E-state index in [1.54, 1.807) is 0 Å². The van der Waals surface area contributed by atoms with Gasteiger partial charge in [-0.2, -0.15) is 0 Å². The molecule has 258 valence electrons. The molecule has 0 saturated heterocycles. The lowest BCUT2D eigenvalue weighted by Gasteiger charge is -2.22. The zero-order valence-corrected chi connectivity index (χ0v) is 30.5. The van der Waals surface area contributed by atoms with Crippen molar-refractivity contribution in [3.63, 3.8) is 0 Å². The average molecular weight is 703 g/mol. The minimum atomic E-state index is -0.115. The number of hydrogen-bond donors (Lipinski definition) is 0. The maximum absolute atomic E-state index is 5.40. The molecule has 11 aromatic rings. The van der Waals surface area contributed by atoms with Gasteiger partial charge in [0, 0.05) is 38.2 Å². The van der Waals surface area contributed by atoms with Gasteiger partial charge in [-0.05, 0) is 87.6 Å². The second-order valence-electron chi connectivity index (χ2n) is 15.4. The lowest BCUT2D eigenvalue weighted by Crippen LogP contribution is -2.15. The topological polar surface area (TPSA) is 35.6 Å². The molecule has 0 N–H and O–H groups in total. The second-order valence-corrected chi connectivity index (χ2v) is 15.4. The van der Waals surface area contributed by atoms with Crippen molar-refractivity contribution in [3.8, 4) is 33.9 Å². The van der Waals surface area contributed by atoms with Crippen LogP contribution in [0, 0.1) is 0 Å². The summed E-state index contributed by atoms with van der Waals surface area (Å²) in [7, 11) is 0. The first-order chi connectivity index (χ1) is 27.0. The summed E-state index contributed by atoms with van der Waals surface area (Å²) in [6, 6.07) is 61.6. The molecule has 8 aromatic carbocycles. The van der Waals surface area contributed by atoms with Crippen molar-refractivity contribution in [3.05, 3.63) is 181 Å². The van der Waals surface area contributed by atoms with Gasteiger partial charge in [-0.15, -0.1) is 0 Å². The summed E-state index contributed by atoms with van der Waals surface area (Å²) in [4.78, 5) is 10.7. The van der Waals surface area contributed by atoms with E-state index in [9.17, 15) is 0 Å². The van der Waals surface area contributed by atoms with Crippen molar-refractivity contribution in [2.24, 2.45) is 0 Å². The van der Waals surface area contributed by atoms with Crippen LogP contribution in [0.1, 0.15) is 25.0 Å². The fraction of sp³-hybridized carbons (Fsp3) is 0.0588. The highest BCUT2D eigenvalue weighted by Gasteiger charge is 2.35. The smallest absolute Gasteiger partial charge is 0.165 e.